The van der Waals surface area contributed by atoms with Crippen LogP contribution < -0.4 is 16.0 Å². The summed E-state index contributed by atoms with van der Waals surface area (Å²) in [5.74, 6) is -0.813. The van der Waals surface area contributed by atoms with Crippen molar-refractivity contribution in [2.24, 2.45) is 0 Å². The third-order valence-corrected chi connectivity index (χ3v) is 6.30. The van der Waals surface area contributed by atoms with Gasteiger partial charge in [-0.3, -0.25) is 19.8 Å². The molecule has 3 heterocycles. The van der Waals surface area contributed by atoms with Crippen molar-refractivity contribution in [1.82, 2.24) is 15.5 Å². The van der Waals surface area contributed by atoms with Gasteiger partial charge in [-0.25, -0.2) is 0 Å². The molecule has 2 amide bonds. The predicted octanol–water partition coefficient (Wildman–Crippen LogP) is 3.46. The van der Waals surface area contributed by atoms with Gasteiger partial charge in [0.25, 0.3) is 11.8 Å². The zero-order chi connectivity index (χ0) is 22.8. The number of hydrogen-bond donors (Lipinski definition) is 3. The summed E-state index contributed by atoms with van der Waals surface area (Å²) in [5, 5.41) is 8.98. The minimum atomic E-state index is -0.422. The second-order valence-electron chi connectivity index (χ2n) is 8.46. The van der Waals surface area contributed by atoms with Gasteiger partial charge in [-0.2, -0.15) is 0 Å². The second-order valence-corrected chi connectivity index (χ2v) is 8.46. The summed E-state index contributed by atoms with van der Waals surface area (Å²) in [6.45, 7) is 3.09. The number of nitrogens with one attached hydrogen (secondary N) is 3. The van der Waals surface area contributed by atoms with Crippen LogP contribution in [0.3, 0.4) is 0 Å². The van der Waals surface area contributed by atoms with Crippen LogP contribution in [0.4, 0.5) is 5.69 Å². The molecule has 2 aliphatic heterocycles. The topological polar surface area (TPSA) is 86.6 Å². The van der Waals surface area contributed by atoms with Crippen molar-refractivity contribution in [2.75, 3.05) is 25.5 Å². The molecule has 7 heteroatoms. The van der Waals surface area contributed by atoms with Crippen molar-refractivity contribution < 1.29 is 14.0 Å². The summed E-state index contributed by atoms with van der Waals surface area (Å²) >= 11 is 0. The summed E-state index contributed by atoms with van der Waals surface area (Å²) < 4.78 is 5.17. The smallest absolute Gasteiger partial charge is 0.260 e. The first-order valence-electron chi connectivity index (χ1n) is 11.1. The fourth-order valence-electron chi connectivity index (χ4n) is 4.41. The molecule has 0 bridgehead atoms. The number of furan rings is 1. The van der Waals surface area contributed by atoms with Crippen molar-refractivity contribution in [3.8, 4) is 11.1 Å². The monoisotopic (exact) mass is 442 g/mol. The number of carbonyl (C=O) groups is 2. The van der Waals surface area contributed by atoms with E-state index in [2.05, 4.69) is 33.0 Å². The van der Waals surface area contributed by atoms with E-state index in [1.54, 1.807) is 24.8 Å². The molecule has 0 radical (unpaired) electrons. The van der Waals surface area contributed by atoms with E-state index in [9.17, 15) is 9.59 Å². The first-order valence-corrected chi connectivity index (χ1v) is 11.1. The van der Waals surface area contributed by atoms with Crippen LogP contribution in [0.2, 0.25) is 0 Å². The second kappa shape index (κ2) is 9.05. The highest BCUT2D eigenvalue weighted by molar-refractivity contribution is 6.31. The number of imide groups is 1. The van der Waals surface area contributed by atoms with Crippen LogP contribution in [0.1, 0.15) is 27.9 Å². The number of rotatable bonds is 6. The normalized spacial score (nSPS) is 19.5. The van der Waals surface area contributed by atoms with Gasteiger partial charge < -0.3 is 15.1 Å². The van der Waals surface area contributed by atoms with Gasteiger partial charge in [0.1, 0.15) is 0 Å². The quantitative estimate of drug-likeness (QED) is 0.400. The number of likely N-dealkylation sites (N-methyl/N-ethyl adjacent to an activating group) is 1. The van der Waals surface area contributed by atoms with E-state index in [1.165, 1.54) is 12.0 Å². The van der Waals surface area contributed by atoms with E-state index in [-0.39, 0.29) is 0 Å². The fourth-order valence-corrected chi connectivity index (χ4v) is 4.41. The molecule has 2 aromatic carbocycles. The van der Waals surface area contributed by atoms with E-state index in [1.807, 2.05) is 37.4 Å². The van der Waals surface area contributed by atoms with Crippen molar-refractivity contribution in [3.05, 3.63) is 83.9 Å². The Morgan fingerprint density at radius 3 is 2.64 bits per heavy atom. The lowest BCUT2D eigenvalue weighted by Crippen LogP contribution is -2.36. The van der Waals surface area contributed by atoms with E-state index in [0.29, 0.717) is 22.7 Å². The van der Waals surface area contributed by atoms with Gasteiger partial charge in [-0.15, -0.1) is 0 Å². The molecule has 3 aromatic rings. The van der Waals surface area contributed by atoms with Crippen molar-refractivity contribution in [2.45, 2.75) is 19.0 Å². The van der Waals surface area contributed by atoms with Gasteiger partial charge in [-0.1, -0.05) is 18.2 Å². The Kier molecular flexibility index (Phi) is 5.81. The number of likely N-dealkylation sites (tertiary alicyclic amines) is 1. The summed E-state index contributed by atoms with van der Waals surface area (Å²) in [7, 11) is 2.02. The molecular formula is C26H26N4O3. The lowest BCUT2D eigenvalue weighted by Gasteiger charge is -2.19. The van der Waals surface area contributed by atoms with E-state index >= 15 is 0 Å². The molecule has 33 heavy (non-hydrogen) atoms. The predicted molar refractivity (Wildman–Crippen MR) is 127 cm³/mol. The van der Waals surface area contributed by atoms with Gasteiger partial charge >= 0.3 is 0 Å². The molecular weight excluding hydrogens is 416 g/mol. The Hall–Kier alpha value is -3.68. The van der Waals surface area contributed by atoms with Crippen LogP contribution >= 0.6 is 0 Å². The lowest BCUT2D eigenvalue weighted by molar-refractivity contribution is -0.114. The first-order chi connectivity index (χ1) is 16.1. The summed E-state index contributed by atoms with van der Waals surface area (Å²) in [6, 6.07) is 16.1. The van der Waals surface area contributed by atoms with Gasteiger partial charge in [0.15, 0.2) is 0 Å². The Morgan fingerprint density at radius 2 is 1.91 bits per heavy atom. The molecule has 3 N–H and O–H groups in total. The van der Waals surface area contributed by atoms with Crippen LogP contribution in [0.15, 0.2) is 71.7 Å². The third-order valence-electron chi connectivity index (χ3n) is 6.30. The maximum atomic E-state index is 12.6. The molecule has 0 spiro atoms. The van der Waals surface area contributed by atoms with Gasteiger partial charge in [-0.05, 0) is 54.9 Å². The Morgan fingerprint density at radius 1 is 1.06 bits per heavy atom. The molecule has 2 aliphatic rings. The molecule has 5 rings (SSSR count). The molecule has 1 unspecified atom stereocenters. The van der Waals surface area contributed by atoms with E-state index < -0.39 is 11.8 Å². The van der Waals surface area contributed by atoms with E-state index in [0.717, 1.165) is 36.4 Å². The zero-order valence-corrected chi connectivity index (χ0v) is 18.4. The highest BCUT2D eigenvalue weighted by atomic mass is 16.3. The minimum absolute atomic E-state index is 0.391. The molecule has 1 aromatic heterocycles. The molecule has 0 aliphatic carbocycles. The van der Waals surface area contributed by atoms with Gasteiger partial charge in [0.2, 0.25) is 0 Å². The average molecular weight is 443 g/mol. The number of fused-ring (bicyclic) bond motifs is 1. The number of nitrogens with zero attached hydrogens (tertiary/aromatic N) is 1. The minimum Gasteiger partial charge on any atom is -0.472 e. The maximum absolute atomic E-state index is 12.6. The largest absolute Gasteiger partial charge is 0.472 e. The highest BCUT2D eigenvalue weighted by Gasteiger charge is 2.27. The van der Waals surface area contributed by atoms with Crippen molar-refractivity contribution in [3.63, 3.8) is 0 Å². The fraction of sp³-hybridized carbons (Fsp3) is 0.231. The Balaban J connectivity index is 1.34. The Bertz CT molecular complexity index is 1200. The van der Waals surface area contributed by atoms with E-state index in [4.69, 9.17) is 4.42 Å². The zero-order valence-electron chi connectivity index (χ0n) is 18.4. The van der Waals surface area contributed by atoms with Crippen LogP contribution in [-0.4, -0.2) is 42.9 Å². The molecule has 168 valence electrons. The third kappa shape index (κ3) is 4.46. The lowest BCUT2D eigenvalue weighted by atomic mass is 9.92. The SMILES string of the molecule is CNC1CCN(Cc2ccc(N/C=C3\C(=O)NC(=O)c4ccc(-c5ccoc5)cc43)cc2)C1. The van der Waals surface area contributed by atoms with Crippen LogP contribution in [0, 0.1) is 0 Å². The van der Waals surface area contributed by atoms with Crippen molar-refractivity contribution in [1.29, 1.82) is 0 Å². The molecule has 0 saturated carbocycles. The summed E-state index contributed by atoms with van der Waals surface area (Å²) in [6.07, 6.45) is 6.07. The number of carbonyl (C=O) groups excluding carboxylic acids is 2. The average Bonchev–Trinajstić information content (AvgIpc) is 3.52. The number of anilines is 1. The number of amides is 2. The maximum Gasteiger partial charge on any atom is 0.260 e. The number of benzene rings is 2. The summed E-state index contributed by atoms with van der Waals surface area (Å²) in [5.41, 5.74) is 5.37. The van der Waals surface area contributed by atoms with Crippen molar-refractivity contribution >= 4 is 23.1 Å². The standard InChI is InChI=1S/C26H26N4O3/c1-27-21-8-10-30(15-21)14-17-2-5-20(6-3-17)28-13-24-23-12-18(19-9-11-33-16-19)4-7-22(23)25(31)29-26(24)32/h2-7,9,11-13,16,21,27-28H,8,10,14-15H2,1H3,(H,29,31,32)/b24-13-. The Labute approximate surface area is 192 Å². The van der Waals surface area contributed by atoms with Gasteiger partial charge in [0, 0.05) is 54.3 Å². The molecule has 1 atom stereocenters. The molecule has 1 saturated heterocycles. The van der Waals surface area contributed by atoms with Gasteiger partial charge in [0.05, 0.1) is 18.1 Å². The first kappa shape index (κ1) is 21.2. The summed E-state index contributed by atoms with van der Waals surface area (Å²) in [4.78, 5) is 27.4. The van der Waals surface area contributed by atoms with Crippen LogP contribution in [0.5, 0.6) is 0 Å². The molecule has 1 fully saturated rings. The number of hydrogen-bond acceptors (Lipinski definition) is 6. The highest BCUT2D eigenvalue weighted by Crippen LogP contribution is 2.30. The van der Waals surface area contributed by atoms with Crippen LogP contribution in [-0.2, 0) is 11.3 Å². The van der Waals surface area contributed by atoms with Crippen LogP contribution in [0.25, 0.3) is 16.7 Å². The molecule has 7 nitrogen and oxygen atoms in total.